The molecule has 2 N–H and O–H groups in total. The maximum absolute atomic E-state index is 3.70. The third-order valence-electron chi connectivity index (χ3n) is 3.32. The van der Waals surface area contributed by atoms with E-state index in [-0.39, 0.29) is 5.54 Å². The summed E-state index contributed by atoms with van der Waals surface area (Å²) in [6.45, 7) is 8.87. The molecule has 1 aliphatic carbocycles. The summed E-state index contributed by atoms with van der Waals surface area (Å²) < 4.78 is 0. The van der Waals surface area contributed by atoms with Crippen LogP contribution in [0.2, 0.25) is 0 Å². The molecule has 0 unspecified atom stereocenters. The first-order valence-electron chi connectivity index (χ1n) is 7.06. The summed E-state index contributed by atoms with van der Waals surface area (Å²) in [6.07, 6.45) is 9.95. The molecule has 0 heterocycles. The van der Waals surface area contributed by atoms with Crippen LogP contribution in [0.1, 0.15) is 65.7 Å². The minimum absolute atomic E-state index is 0.253. The molecule has 1 rings (SSSR count). The van der Waals surface area contributed by atoms with E-state index in [1.54, 1.807) is 0 Å². The molecule has 1 saturated carbocycles. The van der Waals surface area contributed by atoms with E-state index in [9.17, 15) is 0 Å². The Morgan fingerprint density at radius 1 is 0.875 bits per heavy atom. The molecular weight excluding hydrogens is 196 g/mol. The minimum atomic E-state index is 0.253. The molecule has 0 aliphatic heterocycles. The highest BCUT2D eigenvalue weighted by molar-refractivity contribution is 4.73. The molecule has 0 atom stereocenters. The highest BCUT2D eigenvalue weighted by Gasteiger charge is 2.11. The molecule has 0 aromatic rings. The van der Waals surface area contributed by atoms with Gasteiger partial charge in [0.1, 0.15) is 0 Å². The Hall–Kier alpha value is -0.0800. The molecule has 0 spiro atoms. The first kappa shape index (κ1) is 14.0. The van der Waals surface area contributed by atoms with Crippen LogP contribution in [0.25, 0.3) is 0 Å². The van der Waals surface area contributed by atoms with Crippen molar-refractivity contribution in [1.29, 1.82) is 0 Å². The van der Waals surface area contributed by atoms with Crippen molar-refractivity contribution in [3.8, 4) is 0 Å². The number of rotatable bonds is 4. The van der Waals surface area contributed by atoms with Crippen molar-refractivity contribution in [2.24, 2.45) is 0 Å². The smallest absolute Gasteiger partial charge is 0.00970 e. The van der Waals surface area contributed by atoms with Gasteiger partial charge in [0.15, 0.2) is 0 Å². The zero-order chi connectivity index (χ0) is 11.9. The highest BCUT2D eigenvalue weighted by Crippen LogP contribution is 2.16. The lowest BCUT2D eigenvalue weighted by atomic mass is 9.97. The Balaban J connectivity index is 2.06. The third-order valence-corrected chi connectivity index (χ3v) is 3.32. The van der Waals surface area contributed by atoms with Crippen molar-refractivity contribution in [3.63, 3.8) is 0 Å². The van der Waals surface area contributed by atoms with Crippen LogP contribution in [0.3, 0.4) is 0 Å². The lowest BCUT2D eigenvalue weighted by molar-refractivity contribution is 0.370. The second-order valence-corrected chi connectivity index (χ2v) is 6.17. The van der Waals surface area contributed by atoms with E-state index >= 15 is 0 Å². The molecule has 0 bridgehead atoms. The molecule has 0 saturated heterocycles. The van der Waals surface area contributed by atoms with Gasteiger partial charge in [-0.1, -0.05) is 32.1 Å². The fourth-order valence-corrected chi connectivity index (χ4v) is 2.37. The van der Waals surface area contributed by atoms with Crippen molar-refractivity contribution < 1.29 is 0 Å². The monoisotopic (exact) mass is 226 g/mol. The average molecular weight is 226 g/mol. The van der Waals surface area contributed by atoms with E-state index in [0.717, 1.165) is 19.1 Å². The van der Waals surface area contributed by atoms with Gasteiger partial charge in [-0.25, -0.2) is 0 Å². The van der Waals surface area contributed by atoms with Gasteiger partial charge < -0.3 is 10.6 Å². The zero-order valence-electron chi connectivity index (χ0n) is 11.4. The van der Waals surface area contributed by atoms with Gasteiger partial charge in [0.25, 0.3) is 0 Å². The summed E-state index contributed by atoms with van der Waals surface area (Å²) >= 11 is 0. The molecule has 96 valence electrons. The van der Waals surface area contributed by atoms with Crippen LogP contribution in [0.15, 0.2) is 0 Å². The standard InChI is InChI=1S/C14H30N2/c1-14(2,3)16-12-11-15-13-9-7-5-4-6-8-10-13/h13,15-16H,4-12H2,1-3H3. The molecule has 0 amide bonds. The minimum Gasteiger partial charge on any atom is -0.313 e. The van der Waals surface area contributed by atoms with Gasteiger partial charge in [-0.05, 0) is 33.6 Å². The summed E-state index contributed by atoms with van der Waals surface area (Å²) in [5, 5.41) is 7.23. The molecule has 0 radical (unpaired) electrons. The van der Waals surface area contributed by atoms with Crippen LogP contribution < -0.4 is 10.6 Å². The van der Waals surface area contributed by atoms with Crippen LogP contribution in [0.4, 0.5) is 0 Å². The molecule has 0 aromatic heterocycles. The normalized spacial score (nSPS) is 20.4. The SMILES string of the molecule is CC(C)(C)NCCNC1CCCCCCC1. The zero-order valence-corrected chi connectivity index (χ0v) is 11.4. The molecular formula is C14H30N2. The van der Waals surface area contributed by atoms with Crippen molar-refractivity contribution >= 4 is 0 Å². The summed E-state index contributed by atoms with van der Waals surface area (Å²) in [6, 6.07) is 0.780. The van der Waals surface area contributed by atoms with Crippen LogP contribution in [-0.4, -0.2) is 24.7 Å². The summed E-state index contributed by atoms with van der Waals surface area (Å²) in [4.78, 5) is 0. The predicted octanol–water partition coefficient (Wildman–Crippen LogP) is 3.08. The van der Waals surface area contributed by atoms with E-state index in [1.807, 2.05) is 0 Å². The first-order valence-corrected chi connectivity index (χ1v) is 7.06. The first-order chi connectivity index (χ1) is 7.58. The van der Waals surface area contributed by atoms with Crippen molar-refractivity contribution in [2.45, 2.75) is 77.3 Å². The van der Waals surface area contributed by atoms with Gasteiger partial charge in [0.05, 0.1) is 0 Å². The second-order valence-electron chi connectivity index (χ2n) is 6.17. The fourth-order valence-electron chi connectivity index (χ4n) is 2.37. The van der Waals surface area contributed by atoms with Gasteiger partial charge in [0.2, 0.25) is 0 Å². The Bertz CT molecular complexity index is 164. The van der Waals surface area contributed by atoms with Crippen LogP contribution >= 0.6 is 0 Å². The quantitative estimate of drug-likeness (QED) is 0.720. The maximum atomic E-state index is 3.70. The molecule has 2 heteroatoms. The fraction of sp³-hybridized carbons (Fsp3) is 1.00. The van der Waals surface area contributed by atoms with Gasteiger partial charge in [-0.3, -0.25) is 0 Å². The van der Waals surface area contributed by atoms with E-state index in [1.165, 1.54) is 44.9 Å². The second kappa shape index (κ2) is 7.29. The van der Waals surface area contributed by atoms with Gasteiger partial charge in [0, 0.05) is 24.7 Å². The molecule has 1 fully saturated rings. The number of hydrogen-bond donors (Lipinski definition) is 2. The van der Waals surface area contributed by atoms with E-state index < -0.39 is 0 Å². The Kier molecular flexibility index (Phi) is 6.37. The number of hydrogen-bond acceptors (Lipinski definition) is 2. The van der Waals surface area contributed by atoms with Gasteiger partial charge in [-0.2, -0.15) is 0 Å². The van der Waals surface area contributed by atoms with Crippen LogP contribution in [0.5, 0.6) is 0 Å². The molecule has 2 nitrogen and oxygen atoms in total. The Labute approximate surface area is 102 Å². The number of nitrogens with one attached hydrogen (secondary N) is 2. The lowest BCUT2D eigenvalue weighted by Crippen LogP contribution is -2.42. The maximum Gasteiger partial charge on any atom is 0.00970 e. The highest BCUT2D eigenvalue weighted by atomic mass is 15.0. The van der Waals surface area contributed by atoms with Crippen LogP contribution in [-0.2, 0) is 0 Å². The van der Waals surface area contributed by atoms with Gasteiger partial charge >= 0.3 is 0 Å². The van der Waals surface area contributed by atoms with E-state index in [4.69, 9.17) is 0 Å². The molecule has 0 aromatic carbocycles. The molecule has 16 heavy (non-hydrogen) atoms. The van der Waals surface area contributed by atoms with Gasteiger partial charge in [-0.15, -0.1) is 0 Å². The van der Waals surface area contributed by atoms with Crippen molar-refractivity contribution in [2.75, 3.05) is 13.1 Å². The van der Waals surface area contributed by atoms with Crippen molar-refractivity contribution in [1.82, 2.24) is 10.6 Å². The van der Waals surface area contributed by atoms with E-state index in [0.29, 0.717) is 0 Å². The lowest BCUT2D eigenvalue weighted by Gasteiger charge is -2.24. The Morgan fingerprint density at radius 2 is 1.44 bits per heavy atom. The third kappa shape index (κ3) is 7.24. The average Bonchev–Trinajstić information content (AvgIpc) is 2.13. The summed E-state index contributed by atoms with van der Waals surface area (Å²) in [5.74, 6) is 0. The van der Waals surface area contributed by atoms with E-state index in [2.05, 4.69) is 31.4 Å². The predicted molar refractivity (Wildman–Crippen MR) is 71.9 cm³/mol. The summed E-state index contributed by atoms with van der Waals surface area (Å²) in [7, 11) is 0. The van der Waals surface area contributed by atoms with Crippen molar-refractivity contribution in [3.05, 3.63) is 0 Å². The topological polar surface area (TPSA) is 24.1 Å². The molecule has 1 aliphatic rings. The summed E-state index contributed by atoms with van der Waals surface area (Å²) in [5.41, 5.74) is 0.253. The largest absolute Gasteiger partial charge is 0.313 e. The Morgan fingerprint density at radius 3 is 2.00 bits per heavy atom. The van der Waals surface area contributed by atoms with Crippen LogP contribution in [0, 0.1) is 0 Å².